The number of hydrogen-bond acceptors (Lipinski definition) is 3. The highest BCUT2D eigenvalue weighted by molar-refractivity contribution is 5.76. The lowest BCUT2D eigenvalue weighted by atomic mass is 10.0. The van der Waals surface area contributed by atoms with Gasteiger partial charge in [0.25, 0.3) is 0 Å². The molecule has 4 nitrogen and oxygen atoms in total. The van der Waals surface area contributed by atoms with E-state index in [0.29, 0.717) is 6.42 Å². The van der Waals surface area contributed by atoms with Crippen molar-refractivity contribution >= 4 is 5.91 Å². The smallest absolute Gasteiger partial charge is 0.220 e. The zero-order chi connectivity index (χ0) is 37.1. The van der Waals surface area contributed by atoms with Crippen LogP contribution in [0.3, 0.4) is 0 Å². The molecule has 0 aromatic carbocycles. The van der Waals surface area contributed by atoms with Crippen LogP contribution in [0.15, 0.2) is 12.2 Å². The van der Waals surface area contributed by atoms with Gasteiger partial charge in [0.15, 0.2) is 0 Å². The third kappa shape index (κ3) is 40.2. The Balaban J connectivity index is 3.48. The number of carbonyl (C=O) groups excluding carboxylic acids is 1. The molecule has 0 bridgehead atoms. The van der Waals surface area contributed by atoms with Crippen LogP contribution in [-0.4, -0.2) is 34.9 Å². The molecule has 0 radical (unpaired) electrons. The minimum Gasteiger partial charge on any atom is -0.394 e. The van der Waals surface area contributed by atoms with E-state index in [2.05, 4.69) is 19.2 Å². The van der Waals surface area contributed by atoms with Gasteiger partial charge in [0.05, 0.1) is 18.8 Å². The Morgan fingerprint density at radius 3 is 1.02 bits per heavy atom. The summed E-state index contributed by atoms with van der Waals surface area (Å²) in [6.07, 6.45) is 54.8. The fourth-order valence-corrected chi connectivity index (χ4v) is 7.42. The van der Waals surface area contributed by atoms with Crippen LogP contribution in [-0.2, 0) is 4.79 Å². The van der Waals surface area contributed by atoms with Crippen LogP contribution in [0, 0.1) is 0 Å². The van der Waals surface area contributed by atoms with E-state index >= 15 is 0 Å². The van der Waals surface area contributed by atoms with Crippen LogP contribution in [0.4, 0.5) is 0 Å². The van der Waals surface area contributed by atoms with Crippen molar-refractivity contribution in [2.45, 2.75) is 276 Å². The van der Waals surface area contributed by atoms with Crippen LogP contribution in [0.25, 0.3) is 0 Å². The summed E-state index contributed by atoms with van der Waals surface area (Å²) in [5.41, 5.74) is 0. The highest BCUT2D eigenvalue weighted by atomic mass is 16.3. The zero-order valence-electron chi connectivity index (χ0n) is 34.9. The highest BCUT2D eigenvalue weighted by Gasteiger charge is 2.18. The Kier molecular flexibility index (Phi) is 42.8. The molecule has 0 saturated heterocycles. The summed E-state index contributed by atoms with van der Waals surface area (Å²) in [4.78, 5) is 12.4. The minimum atomic E-state index is -0.833. The van der Waals surface area contributed by atoms with Gasteiger partial charge >= 0.3 is 0 Å². The molecule has 2 unspecified atom stereocenters. The summed E-state index contributed by atoms with van der Waals surface area (Å²) in [7, 11) is 0. The van der Waals surface area contributed by atoms with E-state index in [1.54, 1.807) is 6.08 Å². The fourth-order valence-electron chi connectivity index (χ4n) is 7.42. The van der Waals surface area contributed by atoms with Crippen LogP contribution in [0.5, 0.6) is 0 Å². The van der Waals surface area contributed by atoms with E-state index in [0.717, 1.165) is 25.7 Å². The summed E-state index contributed by atoms with van der Waals surface area (Å²) in [5.74, 6) is -0.0600. The summed E-state index contributed by atoms with van der Waals surface area (Å²) >= 11 is 0. The maximum absolute atomic E-state index is 12.4. The number of carbonyl (C=O) groups is 1. The highest BCUT2D eigenvalue weighted by Crippen LogP contribution is 2.17. The molecule has 304 valence electrons. The van der Waals surface area contributed by atoms with Crippen molar-refractivity contribution in [3.8, 4) is 0 Å². The first-order valence-electron chi connectivity index (χ1n) is 23.4. The summed E-state index contributed by atoms with van der Waals surface area (Å²) in [5, 5.41) is 23.0. The van der Waals surface area contributed by atoms with Gasteiger partial charge in [-0.2, -0.15) is 0 Å². The Bertz CT molecular complexity index is 695. The molecule has 0 aromatic rings. The SMILES string of the molecule is CCCCCCCCCCCCCCCCCCCCCCCCC/C=C/C(O)C(CO)NC(=O)CCCCCCCCCCCCCCCC. The number of aliphatic hydroxyl groups excluding tert-OH is 2. The molecule has 3 N–H and O–H groups in total. The predicted octanol–water partition coefficient (Wildman–Crippen LogP) is 14.6. The van der Waals surface area contributed by atoms with Crippen molar-refractivity contribution in [3.05, 3.63) is 12.2 Å². The number of rotatable bonds is 43. The zero-order valence-corrected chi connectivity index (χ0v) is 34.9. The molecule has 0 saturated carbocycles. The van der Waals surface area contributed by atoms with Gasteiger partial charge < -0.3 is 15.5 Å². The third-order valence-electron chi connectivity index (χ3n) is 11.0. The first-order valence-corrected chi connectivity index (χ1v) is 23.4. The van der Waals surface area contributed by atoms with E-state index < -0.39 is 12.1 Å². The molecule has 0 rings (SSSR count). The Morgan fingerprint density at radius 2 is 0.725 bits per heavy atom. The van der Waals surface area contributed by atoms with Gasteiger partial charge in [-0.1, -0.05) is 251 Å². The van der Waals surface area contributed by atoms with Crippen molar-refractivity contribution in [1.82, 2.24) is 5.32 Å². The molecule has 0 aromatic heterocycles. The lowest BCUT2D eigenvalue weighted by molar-refractivity contribution is -0.123. The van der Waals surface area contributed by atoms with Crippen molar-refractivity contribution in [2.75, 3.05) is 6.61 Å². The standard InChI is InChI=1S/C47H93NO3/c1-3-5-7-9-11-13-15-17-19-20-21-22-23-24-25-26-27-28-29-30-32-34-36-38-40-42-46(50)45(44-49)48-47(51)43-41-39-37-35-33-31-18-16-14-12-10-8-6-4-2/h40,42,45-46,49-50H,3-39,41,43-44H2,1-2H3,(H,48,51)/b42-40+. The van der Waals surface area contributed by atoms with Gasteiger partial charge in [0.1, 0.15) is 0 Å². The van der Waals surface area contributed by atoms with Crippen LogP contribution >= 0.6 is 0 Å². The number of allylic oxidation sites excluding steroid dienone is 1. The summed E-state index contributed by atoms with van der Waals surface area (Å²) in [6.45, 7) is 4.33. The molecule has 0 aliphatic carbocycles. The Labute approximate surface area is 320 Å². The quantitative estimate of drug-likeness (QED) is 0.0434. The third-order valence-corrected chi connectivity index (χ3v) is 11.0. The van der Waals surface area contributed by atoms with E-state index in [-0.39, 0.29) is 12.5 Å². The topological polar surface area (TPSA) is 69.6 Å². The molecule has 2 atom stereocenters. The minimum absolute atomic E-state index is 0.0600. The van der Waals surface area contributed by atoms with Crippen molar-refractivity contribution in [3.63, 3.8) is 0 Å². The number of unbranched alkanes of at least 4 members (excludes halogenated alkanes) is 36. The molecule has 0 aliphatic heterocycles. The van der Waals surface area contributed by atoms with E-state index in [1.165, 1.54) is 218 Å². The number of aliphatic hydroxyl groups is 2. The molecule has 1 amide bonds. The van der Waals surface area contributed by atoms with Crippen molar-refractivity contribution < 1.29 is 15.0 Å². The number of hydrogen-bond donors (Lipinski definition) is 3. The van der Waals surface area contributed by atoms with Gasteiger partial charge in [-0.25, -0.2) is 0 Å². The molecule has 0 fully saturated rings. The Morgan fingerprint density at radius 1 is 0.451 bits per heavy atom. The second-order valence-electron chi connectivity index (χ2n) is 16.2. The van der Waals surface area contributed by atoms with Crippen LogP contribution in [0.2, 0.25) is 0 Å². The predicted molar refractivity (Wildman–Crippen MR) is 226 cm³/mol. The molecular weight excluding hydrogens is 627 g/mol. The van der Waals surface area contributed by atoms with Gasteiger partial charge in [0, 0.05) is 6.42 Å². The second-order valence-corrected chi connectivity index (χ2v) is 16.2. The van der Waals surface area contributed by atoms with Crippen LogP contribution < -0.4 is 5.32 Å². The van der Waals surface area contributed by atoms with Crippen LogP contribution in [0.1, 0.15) is 264 Å². The first kappa shape index (κ1) is 50.1. The number of amides is 1. The lowest BCUT2D eigenvalue weighted by Gasteiger charge is -2.20. The Hall–Kier alpha value is -0.870. The van der Waals surface area contributed by atoms with Gasteiger partial charge in [-0.3, -0.25) is 4.79 Å². The summed E-state index contributed by atoms with van der Waals surface area (Å²) in [6, 6.07) is -0.616. The molecular formula is C47H93NO3. The van der Waals surface area contributed by atoms with Crippen molar-refractivity contribution in [2.24, 2.45) is 0 Å². The van der Waals surface area contributed by atoms with E-state index in [9.17, 15) is 15.0 Å². The number of nitrogens with one attached hydrogen (secondary N) is 1. The van der Waals surface area contributed by atoms with Gasteiger partial charge in [-0.15, -0.1) is 0 Å². The monoisotopic (exact) mass is 720 g/mol. The fraction of sp³-hybridized carbons (Fsp3) is 0.936. The van der Waals surface area contributed by atoms with E-state index in [1.807, 2.05) is 6.08 Å². The van der Waals surface area contributed by atoms with Crippen molar-refractivity contribution in [1.29, 1.82) is 0 Å². The summed E-state index contributed by atoms with van der Waals surface area (Å²) < 4.78 is 0. The second kappa shape index (κ2) is 43.5. The molecule has 51 heavy (non-hydrogen) atoms. The molecule has 4 heteroatoms. The maximum atomic E-state index is 12.4. The van der Waals surface area contributed by atoms with E-state index in [4.69, 9.17) is 0 Å². The largest absolute Gasteiger partial charge is 0.394 e. The average Bonchev–Trinajstić information content (AvgIpc) is 3.13. The first-order chi connectivity index (χ1) is 25.2. The maximum Gasteiger partial charge on any atom is 0.220 e. The molecule has 0 aliphatic rings. The molecule has 0 heterocycles. The van der Waals surface area contributed by atoms with Gasteiger partial charge in [-0.05, 0) is 19.3 Å². The average molecular weight is 720 g/mol. The normalized spacial score (nSPS) is 12.9. The molecule has 0 spiro atoms. The van der Waals surface area contributed by atoms with Gasteiger partial charge in [0.2, 0.25) is 5.91 Å². The lowest BCUT2D eigenvalue weighted by Crippen LogP contribution is -2.45.